The topological polar surface area (TPSA) is 70.7 Å². The third-order valence-corrected chi connectivity index (χ3v) is 2.53. The maximum absolute atomic E-state index is 10.8. The fraction of sp³-hybridized carbons (Fsp3) is 0.375. The average Bonchev–Trinajstić information content (AvgIpc) is 2.04. The summed E-state index contributed by atoms with van der Waals surface area (Å²) in [5.74, 6) is 0. The van der Waals surface area contributed by atoms with Gasteiger partial charge >= 0.3 is 0 Å². The standard InChI is InChI=1S/C8H10BrNO2S.H2O/c1-6(12-13(2)11)7-3-4-8(9)10-5-7;/h3-6H,1-2H3;1H2/t6-,13?;/m0./s1. The first kappa shape index (κ1) is 13.7. The van der Waals surface area contributed by atoms with Gasteiger partial charge in [-0.15, -0.1) is 0 Å². The molecule has 0 saturated carbocycles. The molecule has 0 bridgehead atoms. The lowest BCUT2D eigenvalue weighted by molar-refractivity contribution is 0.255. The maximum atomic E-state index is 10.8. The number of hydrogen-bond acceptors (Lipinski definition) is 3. The molecule has 0 aromatic carbocycles. The fourth-order valence-corrected chi connectivity index (χ4v) is 1.64. The molecule has 1 heterocycles. The van der Waals surface area contributed by atoms with Gasteiger partial charge in [0.15, 0.2) is 11.1 Å². The van der Waals surface area contributed by atoms with E-state index in [1.807, 2.05) is 19.1 Å². The number of rotatable bonds is 3. The quantitative estimate of drug-likeness (QED) is 0.786. The van der Waals surface area contributed by atoms with Crippen LogP contribution in [0.25, 0.3) is 0 Å². The van der Waals surface area contributed by atoms with E-state index in [4.69, 9.17) is 4.18 Å². The van der Waals surface area contributed by atoms with Gasteiger partial charge in [0, 0.05) is 18.0 Å². The van der Waals surface area contributed by atoms with Gasteiger partial charge in [-0.25, -0.2) is 9.19 Å². The molecule has 80 valence electrons. The lowest BCUT2D eigenvalue weighted by Gasteiger charge is -2.09. The first-order chi connectivity index (χ1) is 6.09. The zero-order valence-corrected chi connectivity index (χ0v) is 10.3. The molecule has 0 spiro atoms. The highest BCUT2D eigenvalue weighted by atomic mass is 79.9. The number of halogens is 1. The molecule has 2 N–H and O–H groups in total. The van der Waals surface area contributed by atoms with Crippen molar-refractivity contribution in [1.29, 1.82) is 0 Å². The molecular formula is C8H12BrNO3S. The second kappa shape index (κ2) is 6.23. The van der Waals surface area contributed by atoms with Crippen LogP contribution in [0.3, 0.4) is 0 Å². The van der Waals surface area contributed by atoms with Crippen LogP contribution in [0, 0.1) is 0 Å². The first-order valence-corrected chi connectivity index (χ1v) is 5.99. The van der Waals surface area contributed by atoms with Gasteiger partial charge in [-0.2, -0.15) is 0 Å². The van der Waals surface area contributed by atoms with E-state index >= 15 is 0 Å². The van der Waals surface area contributed by atoms with Crippen molar-refractivity contribution in [1.82, 2.24) is 4.98 Å². The molecule has 1 rings (SSSR count). The number of pyridine rings is 1. The average molecular weight is 282 g/mol. The Bertz CT molecular complexity index is 304. The molecule has 1 aromatic rings. The van der Waals surface area contributed by atoms with Gasteiger partial charge in [0.2, 0.25) is 0 Å². The van der Waals surface area contributed by atoms with Crippen LogP contribution in [0.1, 0.15) is 18.6 Å². The molecular weight excluding hydrogens is 270 g/mol. The predicted octanol–water partition coefficient (Wildman–Crippen LogP) is 1.39. The van der Waals surface area contributed by atoms with Gasteiger partial charge < -0.3 is 5.48 Å². The summed E-state index contributed by atoms with van der Waals surface area (Å²) in [5, 5.41) is 0. The number of nitrogens with zero attached hydrogens (tertiary/aromatic N) is 1. The summed E-state index contributed by atoms with van der Waals surface area (Å²) in [4.78, 5) is 4.05. The van der Waals surface area contributed by atoms with Crippen molar-refractivity contribution in [2.75, 3.05) is 6.26 Å². The molecule has 1 unspecified atom stereocenters. The molecule has 0 aliphatic carbocycles. The minimum atomic E-state index is -1.24. The lowest BCUT2D eigenvalue weighted by Crippen LogP contribution is -2.02. The Morgan fingerprint density at radius 2 is 2.21 bits per heavy atom. The molecule has 0 fully saturated rings. The molecule has 1 aromatic heterocycles. The Morgan fingerprint density at radius 3 is 2.64 bits per heavy atom. The van der Waals surface area contributed by atoms with Crippen LogP contribution in [-0.2, 0) is 15.3 Å². The highest BCUT2D eigenvalue weighted by Crippen LogP contribution is 2.17. The van der Waals surface area contributed by atoms with Gasteiger partial charge in [-0.3, -0.25) is 4.18 Å². The van der Waals surface area contributed by atoms with Crippen molar-refractivity contribution < 1.29 is 13.9 Å². The summed E-state index contributed by atoms with van der Waals surface area (Å²) >= 11 is 1.99. The number of aromatic nitrogens is 1. The zero-order valence-electron chi connectivity index (χ0n) is 7.86. The Hall–Kier alpha value is -0.300. The summed E-state index contributed by atoms with van der Waals surface area (Å²) in [6.07, 6.45) is 3.01. The van der Waals surface area contributed by atoms with Gasteiger partial charge in [-0.1, -0.05) is 6.07 Å². The second-order valence-corrected chi connectivity index (χ2v) is 4.36. The predicted molar refractivity (Wildman–Crippen MR) is 59.1 cm³/mol. The summed E-state index contributed by atoms with van der Waals surface area (Å²) in [6.45, 7) is 1.84. The SMILES string of the molecule is C[C@H](OS(C)=O)c1ccc(Br)nc1.O. The minimum Gasteiger partial charge on any atom is -0.412 e. The van der Waals surface area contributed by atoms with Crippen molar-refractivity contribution in [2.24, 2.45) is 0 Å². The number of hydrogen-bond donors (Lipinski definition) is 0. The van der Waals surface area contributed by atoms with E-state index in [0.717, 1.165) is 10.2 Å². The molecule has 0 amide bonds. The van der Waals surface area contributed by atoms with Crippen LogP contribution in [0.4, 0.5) is 0 Å². The van der Waals surface area contributed by atoms with E-state index in [0.29, 0.717) is 0 Å². The van der Waals surface area contributed by atoms with Gasteiger partial charge in [0.25, 0.3) is 0 Å². The van der Waals surface area contributed by atoms with Crippen molar-refractivity contribution in [2.45, 2.75) is 13.0 Å². The smallest absolute Gasteiger partial charge is 0.152 e. The van der Waals surface area contributed by atoms with Crippen molar-refractivity contribution >= 4 is 27.0 Å². The minimum absolute atomic E-state index is 0. The van der Waals surface area contributed by atoms with E-state index < -0.39 is 11.1 Å². The molecule has 2 atom stereocenters. The molecule has 0 radical (unpaired) electrons. The van der Waals surface area contributed by atoms with Crippen molar-refractivity contribution in [3.8, 4) is 0 Å². The van der Waals surface area contributed by atoms with Crippen LogP contribution in [-0.4, -0.2) is 20.9 Å². The van der Waals surface area contributed by atoms with Crippen LogP contribution >= 0.6 is 15.9 Å². The Kier molecular flexibility index (Phi) is 6.10. The third kappa shape index (κ3) is 4.28. The van der Waals surface area contributed by atoms with Gasteiger partial charge in [0.05, 0.1) is 6.10 Å². The van der Waals surface area contributed by atoms with E-state index in [-0.39, 0.29) is 11.6 Å². The van der Waals surface area contributed by atoms with E-state index in [9.17, 15) is 4.21 Å². The lowest BCUT2D eigenvalue weighted by atomic mass is 10.2. The van der Waals surface area contributed by atoms with Gasteiger partial charge in [0.1, 0.15) is 4.60 Å². The first-order valence-electron chi connectivity index (χ1n) is 3.71. The molecule has 6 heteroatoms. The Labute approximate surface area is 93.8 Å². The highest BCUT2D eigenvalue weighted by Gasteiger charge is 2.07. The highest BCUT2D eigenvalue weighted by molar-refractivity contribution is 9.10. The van der Waals surface area contributed by atoms with Crippen LogP contribution < -0.4 is 0 Å². The van der Waals surface area contributed by atoms with Crippen molar-refractivity contribution in [3.05, 3.63) is 28.5 Å². The largest absolute Gasteiger partial charge is 0.412 e. The van der Waals surface area contributed by atoms with Crippen LogP contribution in [0.5, 0.6) is 0 Å². The van der Waals surface area contributed by atoms with Gasteiger partial charge in [-0.05, 0) is 28.9 Å². The molecule has 4 nitrogen and oxygen atoms in total. The van der Waals surface area contributed by atoms with E-state index in [1.165, 1.54) is 6.26 Å². The third-order valence-electron chi connectivity index (χ3n) is 1.50. The fourth-order valence-electron chi connectivity index (χ4n) is 0.887. The summed E-state index contributed by atoms with van der Waals surface area (Å²) < 4.78 is 16.6. The molecule has 0 saturated heterocycles. The van der Waals surface area contributed by atoms with Crippen LogP contribution in [0.2, 0.25) is 0 Å². The van der Waals surface area contributed by atoms with E-state index in [2.05, 4.69) is 20.9 Å². The van der Waals surface area contributed by atoms with Crippen LogP contribution in [0.15, 0.2) is 22.9 Å². The molecule has 0 aliphatic rings. The maximum Gasteiger partial charge on any atom is 0.152 e. The summed E-state index contributed by atoms with van der Waals surface area (Å²) in [5.41, 5.74) is 0.915. The summed E-state index contributed by atoms with van der Waals surface area (Å²) in [7, 11) is 0. The molecule has 14 heavy (non-hydrogen) atoms. The summed E-state index contributed by atoms with van der Waals surface area (Å²) in [6, 6.07) is 3.71. The normalized spacial score (nSPS) is 14.2. The molecule has 0 aliphatic heterocycles. The zero-order chi connectivity index (χ0) is 9.84. The monoisotopic (exact) mass is 281 g/mol. The second-order valence-electron chi connectivity index (χ2n) is 2.55. The van der Waals surface area contributed by atoms with E-state index in [1.54, 1.807) is 6.20 Å². The Morgan fingerprint density at radius 1 is 1.57 bits per heavy atom. The van der Waals surface area contributed by atoms with Crippen molar-refractivity contribution in [3.63, 3.8) is 0 Å². The Balaban J connectivity index is 0.00000169.